The van der Waals surface area contributed by atoms with Gasteiger partial charge in [0.05, 0.1) is 7.11 Å². The van der Waals surface area contributed by atoms with Crippen LogP contribution in [-0.2, 0) is 14.8 Å². The third-order valence-electron chi connectivity index (χ3n) is 3.45. The third kappa shape index (κ3) is 4.74. The first-order valence-electron chi connectivity index (χ1n) is 7.54. The SMILES string of the molecule is CC[C@@H](NS(=O)(=O)c1nnc(NC(C)=O)s1)c1ccc(OC)c(C)c1. The quantitative estimate of drug-likeness (QED) is 0.709. The van der Waals surface area contributed by atoms with Gasteiger partial charge in [-0.3, -0.25) is 4.79 Å². The van der Waals surface area contributed by atoms with Crippen LogP contribution < -0.4 is 14.8 Å². The summed E-state index contributed by atoms with van der Waals surface area (Å²) >= 11 is 0.800. The number of sulfonamides is 1. The molecule has 2 rings (SSSR count). The second-order valence-electron chi connectivity index (χ2n) is 5.37. The first kappa shape index (κ1) is 19.3. The van der Waals surface area contributed by atoms with Crippen molar-refractivity contribution >= 4 is 32.4 Å². The number of carbonyl (C=O) groups is 1. The lowest BCUT2D eigenvalue weighted by atomic mass is 10.0. The summed E-state index contributed by atoms with van der Waals surface area (Å²) in [4.78, 5) is 11.0. The third-order valence-corrected chi connectivity index (χ3v) is 6.12. The van der Waals surface area contributed by atoms with E-state index in [-0.39, 0.29) is 15.4 Å². The number of anilines is 1. The van der Waals surface area contributed by atoms with Crippen molar-refractivity contribution in [2.24, 2.45) is 0 Å². The molecule has 0 aliphatic carbocycles. The molecule has 1 atom stereocenters. The number of nitrogens with one attached hydrogen (secondary N) is 2. The van der Waals surface area contributed by atoms with Gasteiger partial charge in [0.2, 0.25) is 15.4 Å². The Morgan fingerprint density at radius 3 is 2.64 bits per heavy atom. The first-order chi connectivity index (χ1) is 11.8. The summed E-state index contributed by atoms with van der Waals surface area (Å²) in [5.74, 6) is 0.402. The maximum atomic E-state index is 12.5. The highest BCUT2D eigenvalue weighted by Crippen LogP contribution is 2.27. The first-order valence-corrected chi connectivity index (χ1v) is 9.84. The highest BCUT2D eigenvalue weighted by molar-refractivity contribution is 7.91. The topological polar surface area (TPSA) is 110 Å². The number of hydrogen-bond donors (Lipinski definition) is 2. The zero-order chi connectivity index (χ0) is 18.6. The fourth-order valence-corrected chi connectivity index (χ4v) is 4.53. The number of hydrogen-bond acceptors (Lipinski definition) is 7. The van der Waals surface area contributed by atoms with Gasteiger partial charge in [-0.2, -0.15) is 0 Å². The van der Waals surface area contributed by atoms with Crippen molar-refractivity contribution in [1.82, 2.24) is 14.9 Å². The zero-order valence-electron chi connectivity index (χ0n) is 14.4. The van der Waals surface area contributed by atoms with Crippen molar-refractivity contribution in [3.05, 3.63) is 29.3 Å². The smallest absolute Gasteiger partial charge is 0.270 e. The monoisotopic (exact) mass is 384 g/mol. The molecule has 1 heterocycles. The van der Waals surface area contributed by atoms with E-state index in [0.29, 0.717) is 6.42 Å². The van der Waals surface area contributed by atoms with Crippen molar-refractivity contribution in [3.8, 4) is 5.75 Å². The Morgan fingerprint density at radius 1 is 1.36 bits per heavy atom. The van der Waals surface area contributed by atoms with Crippen LogP contribution in [-0.4, -0.2) is 31.6 Å². The molecule has 0 fully saturated rings. The van der Waals surface area contributed by atoms with Crippen LogP contribution in [0.15, 0.2) is 22.5 Å². The number of methoxy groups -OCH3 is 1. The van der Waals surface area contributed by atoms with Gasteiger partial charge in [-0.1, -0.05) is 30.4 Å². The van der Waals surface area contributed by atoms with Crippen molar-refractivity contribution in [2.75, 3.05) is 12.4 Å². The lowest BCUT2D eigenvalue weighted by Gasteiger charge is -2.17. The van der Waals surface area contributed by atoms with Gasteiger partial charge in [0, 0.05) is 13.0 Å². The second kappa shape index (κ2) is 7.89. The summed E-state index contributed by atoms with van der Waals surface area (Å²) in [6.45, 7) is 5.09. The van der Waals surface area contributed by atoms with Crippen LogP contribution in [0.3, 0.4) is 0 Å². The molecule has 2 N–H and O–H groups in total. The molecule has 0 saturated heterocycles. The Labute approximate surface area is 150 Å². The van der Waals surface area contributed by atoms with E-state index >= 15 is 0 Å². The molecule has 1 amide bonds. The summed E-state index contributed by atoms with van der Waals surface area (Å²) in [6.07, 6.45) is 0.558. The fraction of sp³-hybridized carbons (Fsp3) is 0.400. The van der Waals surface area contributed by atoms with Crippen LogP contribution in [0.5, 0.6) is 5.75 Å². The van der Waals surface area contributed by atoms with Crippen LogP contribution in [0.1, 0.15) is 37.4 Å². The highest BCUT2D eigenvalue weighted by atomic mass is 32.2. The van der Waals surface area contributed by atoms with E-state index < -0.39 is 16.1 Å². The second-order valence-corrected chi connectivity index (χ2v) is 8.23. The van der Waals surface area contributed by atoms with Crippen LogP contribution >= 0.6 is 11.3 Å². The van der Waals surface area contributed by atoms with Gasteiger partial charge in [0.15, 0.2) is 0 Å². The minimum absolute atomic E-state index is 0.140. The minimum Gasteiger partial charge on any atom is -0.496 e. The minimum atomic E-state index is -3.85. The van der Waals surface area contributed by atoms with Crippen LogP contribution in [0.25, 0.3) is 0 Å². The molecule has 10 heteroatoms. The summed E-state index contributed by atoms with van der Waals surface area (Å²) in [7, 11) is -2.26. The normalized spacial score (nSPS) is 12.6. The van der Waals surface area contributed by atoms with E-state index in [1.807, 2.05) is 32.0 Å². The largest absolute Gasteiger partial charge is 0.496 e. The highest BCUT2D eigenvalue weighted by Gasteiger charge is 2.25. The van der Waals surface area contributed by atoms with E-state index in [2.05, 4.69) is 20.2 Å². The summed E-state index contributed by atoms with van der Waals surface area (Å²) in [5.41, 5.74) is 1.75. The van der Waals surface area contributed by atoms with Crippen LogP contribution in [0, 0.1) is 6.92 Å². The van der Waals surface area contributed by atoms with Crippen molar-refractivity contribution in [1.29, 1.82) is 0 Å². The Kier molecular flexibility index (Phi) is 6.09. The molecular formula is C15H20N4O4S2. The Balaban J connectivity index is 2.23. The van der Waals surface area contributed by atoms with E-state index in [9.17, 15) is 13.2 Å². The molecule has 0 unspecified atom stereocenters. The van der Waals surface area contributed by atoms with Gasteiger partial charge in [0.1, 0.15) is 5.75 Å². The molecule has 1 aromatic heterocycles. The molecule has 136 valence electrons. The lowest BCUT2D eigenvalue weighted by molar-refractivity contribution is -0.114. The molecule has 0 aliphatic rings. The molecule has 8 nitrogen and oxygen atoms in total. The van der Waals surface area contributed by atoms with Crippen LogP contribution in [0.4, 0.5) is 5.13 Å². The molecule has 0 radical (unpaired) electrons. The average molecular weight is 384 g/mol. The number of aromatic nitrogens is 2. The molecule has 0 spiro atoms. The van der Waals surface area contributed by atoms with Gasteiger partial charge in [-0.05, 0) is 30.5 Å². The summed E-state index contributed by atoms with van der Waals surface area (Å²) in [5, 5.41) is 9.87. The average Bonchev–Trinajstić information content (AvgIpc) is 3.01. The standard InChI is InChI=1S/C15H20N4O4S2/c1-5-12(11-6-7-13(23-4)9(2)8-11)19-25(21,22)15-18-17-14(24-15)16-10(3)20/h6-8,12,19H,5H2,1-4H3,(H,16,17,20)/t12-/m1/s1. The van der Waals surface area contributed by atoms with Gasteiger partial charge >= 0.3 is 0 Å². The number of nitrogens with zero attached hydrogens (tertiary/aromatic N) is 2. The van der Waals surface area contributed by atoms with E-state index in [1.165, 1.54) is 6.92 Å². The summed E-state index contributed by atoms with van der Waals surface area (Å²) in [6, 6.07) is 5.10. The molecule has 1 aromatic carbocycles. The maximum Gasteiger partial charge on any atom is 0.270 e. The van der Waals surface area contributed by atoms with Gasteiger partial charge in [-0.15, -0.1) is 10.2 Å². The van der Waals surface area contributed by atoms with Gasteiger partial charge in [-0.25, -0.2) is 13.1 Å². The molecule has 0 bridgehead atoms. The van der Waals surface area contributed by atoms with Gasteiger partial charge in [0.25, 0.3) is 10.0 Å². The fourth-order valence-electron chi connectivity index (χ4n) is 2.26. The predicted molar refractivity (Wildman–Crippen MR) is 95.3 cm³/mol. The molecule has 2 aromatic rings. The Hall–Kier alpha value is -2.04. The van der Waals surface area contributed by atoms with Crippen LogP contribution in [0.2, 0.25) is 0 Å². The number of ether oxygens (including phenoxy) is 1. The number of amides is 1. The van der Waals surface area contributed by atoms with E-state index in [4.69, 9.17) is 4.74 Å². The van der Waals surface area contributed by atoms with Crippen molar-refractivity contribution in [3.63, 3.8) is 0 Å². The molecule has 25 heavy (non-hydrogen) atoms. The number of benzene rings is 1. The molecule has 0 saturated carbocycles. The lowest BCUT2D eigenvalue weighted by Crippen LogP contribution is -2.28. The summed E-state index contributed by atoms with van der Waals surface area (Å²) < 4.78 is 32.8. The Morgan fingerprint density at radius 2 is 2.08 bits per heavy atom. The number of aryl methyl sites for hydroxylation is 1. The molecule has 0 aliphatic heterocycles. The van der Waals surface area contributed by atoms with E-state index in [1.54, 1.807) is 7.11 Å². The Bertz CT molecular complexity index is 864. The van der Waals surface area contributed by atoms with Crippen molar-refractivity contribution < 1.29 is 17.9 Å². The number of carbonyl (C=O) groups excluding carboxylic acids is 1. The number of rotatable bonds is 7. The zero-order valence-corrected chi connectivity index (χ0v) is 16.0. The van der Waals surface area contributed by atoms with Crippen molar-refractivity contribution in [2.45, 2.75) is 37.6 Å². The molecular weight excluding hydrogens is 364 g/mol. The van der Waals surface area contributed by atoms with E-state index in [0.717, 1.165) is 28.2 Å². The predicted octanol–water partition coefficient (Wildman–Crippen LogP) is 2.24. The van der Waals surface area contributed by atoms with Gasteiger partial charge < -0.3 is 10.1 Å². The maximum absolute atomic E-state index is 12.5.